The average Bonchev–Trinajstić information content (AvgIpc) is 3.02. The van der Waals surface area contributed by atoms with Gasteiger partial charge in [0.1, 0.15) is 29.7 Å². The predicted molar refractivity (Wildman–Crippen MR) is 109 cm³/mol. The van der Waals surface area contributed by atoms with Crippen molar-refractivity contribution >= 4 is 17.0 Å². The summed E-state index contributed by atoms with van der Waals surface area (Å²) >= 11 is 0. The van der Waals surface area contributed by atoms with Crippen LogP contribution in [0.4, 0.5) is 0 Å². The summed E-state index contributed by atoms with van der Waals surface area (Å²) < 4.78 is 11.4. The van der Waals surface area contributed by atoms with E-state index >= 15 is 0 Å². The van der Waals surface area contributed by atoms with Gasteiger partial charge < -0.3 is 24.5 Å². The molecule has 0 spiro atoms. The highest BCUT2D eigenvalue weighted by molar-refractivity contribution is 5.81. The van der Waals surface area contributed by atoms with Crippen LogP contribution in [0.1, 0.15) is 12.0 Å². The predicted octanol–water partition coefficient (Wildman–Crippen LogP) is 2.34. The highest BCUT2D eigenvalue weighted by Gasteiger charge is 2.41. The smallest absolute Gasteiger partial charge is 0.193 e. The van der Waals surface area contributed by atoms with Crippen molar-refractivity contribution in [3.05, 3.63) is 76.5 Å². The quantitative estimate of drug-likeness (QED) is 0.614. The van der Waals surface area contributed by atoms with Gasteiger partial charge in [-0.05, 0) is 24.1 Å². The van der Waals surface area contributed by atoms with E-state index in [9.17, 15) is 15.0 Å². The van der Waals surface area contributed by atoms with Crippen molar-refractivity contribution in [2.24, 2.45) is 0 Å². The first kappa shape index (κ1) is 19.5. The molecule has 3 aromatic rings. The Morgan fingerprint density at radius 2 is 1.72 bits per heavy atom. The number of aliphatic hydroxyl groups is 3. The maximum absolute atomic E-state index is 12.4. The fourth-order valence-electron chi connectivity index (χ4n) is 3.53. The van der Waals surface area contributed by atoms with Crippen molar-refractivity contribution in [2.45, 2.75) is 30.8 Å². The molecule has 150 valence electrons. The number of benzene rings is 2. The first-order valence-electron chi connectivity index (χ1n) is 9.49. The third-order valence-electron chi connectivity index (χ3n) is 5.13. The molecular weight excluding hydrogens is 372 g/mol. The number of aliphatic hydroxyl groups excluding tert-OH is 3. The molecule has 2 heterocycles. The lowest BCUT2D eigenvalue weighted by atomic mass is 10.0. The van der Waals surface area contributed by atoms with Gasteiger partial charge in [0.05, 0.1) is 18.1 Å². The Labute approximate surface area is 167 Å². The Hall–Kier alpha value is -2.77. The van der Waals surface area contributed by atoms with Crippen LogP contribution in [0.2, 0.25) is 0 Å². The van der Waals surface area contributed by atoms with Crippen LogP contribution in [0.25, 0.3) is 28.4 Å². The minimum absolute atomic E-state index is 0.104. The van der Waals surface area contributed by atoms with Gasteiger partial charge in [0, 0.05) is 11.6 Å². The van der Waals surface area contributed by atoms with E-state index < -0.39 is 24.4 Å². The molecule has 0 radical (unpaired) electrons. The van der Waals surface area contributed by atoms with E-state index in [0.717, 1.165) is 11.1 Å². The Morgan fingerprint density at radius 3 is 2.45 bits per heavy atom. The third-order valence-corrected chi connectivity index (χ3v) is 5.13. The van der Waals surface area contributed by atoms with Crippen molar-refractivity contribution in [2.75, 3.05) is 6.61 Å². The highest BCUT2D eigenvalue weighted by atomic mass is 16.6. The second kappa shape index (κ2) is 8.31. The van der Waals surface area contributed by atoms with Crippen LogP contribution in [-0.4, -0.2) is 46.3 Å². The lowest BCUT2D eigenvalue weighted by molar-refractivity contribution is -0.0208. The van der Waals surface area contributed by atoms with Crippen LogP contribution in [0.3, 0.4) is 0 Å². The second-order valence-corrected chi connectivity index (χ2v) is 7.11. The van der Waals surface area contributed by atoms with Gasteiger partial charge in [0.2, 0.25) is 0 Å². The summed E-state index contributed by atoms with van der Waals surface area (Å²) in [5.74, 6) is 0.510. The minimum atomic E-state index is -1.09. The molecule has 4 rings (SSSR count). The molecule has 6 nitrogen and oxygen atoms in total. The standard InChI is InChI=1S/C23H22O6/c24-13-21-23(27)22(26)18(28-21)8-4-5-14-9-10-16-17(25)12-19(29-20(16)11-14)15-6-2-1-3-7-15/h1-7,9-12,18,21-24,26-27H,8,13H2/b5-4+/t18-,21+,22-,23+/m0/s1. The monoisotopic (exact) mass is 394 g/mol. The minimum Gasteiger partial charge on any atom is -0.456 e. The summed E-state index contributed by atoms with van der Waals surface area (Å²) in [7, 11) is 0. The van der Waals surface area contributed by atoms with E-state index in [4.69, 9.17) is 14.3 Å². The van der Waals surface area contributed by atoms with Crippen molar-refractivity contribution in [1.82, 2.24) is 0 Å². The Kier molecular flexibility index (Phi) is 5.60. The van der Waals surface area contributed by atoms with Crippen LogP contribution in [0.5, 0.6) is 0 Å². The summed E-state index contributed by atoms with van der Waals surface area (Å²) in [6.45, 7) is -0.341. The topological polar surface area (TPSA) is 100 Å². The van der Waals surface area contributed by atoms with Gasteiger partial charge in [0.15, 0.2) is 5.43 Å². The summed E-state index contributed by atoms with van der Waals surface area (Å²) in [4.78, 5) is 12.4. The van der Waals surface area contributed by atoms with E-state index in [1.807, 2.05) is 48.6 Å². The van der Waals surface area contributed by atoms with Crippen LogP contribution >= 0.6 is 0 Å². The second-order valence-electron chi connectivity index (χ2n) is 7.11. The maximum atomic E-state index is 12.4. The molecular formula is C23H22O6. The number of fused-ring (bicyclic) bond motifs is 1. The van der Waals surface area contributed by atoms with Gasteiger partial charge >= 0.3 is 0 Å². The fourth-order valence-corrected chi connectivity index (χ4v) is 3.53. The molecule has 0 unspecified atom stereocenters. The molecule has 1 aromatic heterocycles. The molecule has 0 amide bonds. The van der Waals surface area contributed by atoms with Crippen molar-refractivity contribution in [3.63, 3.8) is 0 Å². The molecule has 4 atom stereocenters. The van der Waals surface area contributed by atoms with Crippen molar-refractivity contribution in [3.8, 4) is 11.3 Å². The SMILES string of the molecule is O=c1cc(-c2ccccc2)oc2cc(/C=C/C[C@@H]3O[C@H](CO)[C@@H](O)[C@H]3O)ccc12. The van der Waals surface area contributed by atoms with Gasteiger partial charge in [-0.2, -0.15) is 0 Å². The summed E-state index contributed by atoms with van der Waals surface area (Å²) in [5.41, 5.74) is 2.05. The number of rotatable bonds is 5. The maximum Gasteiger partial charge on any atom is 0.193 e. The fraction of sp³-hybridized carbons (Fsp3) is 0.261. The average molecular weight is 394 g/mol. The summed E-state index contributed by atoms with van der Waals surface area (Å²) in [6, 6.07) is 16.3. The number of hydrogen-bond donors (Lipinski definition) is 3. The Bertz CT molecular complexity index is 1070. The number of hydrogen-bond acceptors (Lipinski definition) is 6. The van der Waals surface area contributed by atoms with E-state index in [-0.39, 0.29) is 12.0 Å². The zero-order valence-corrected chi connectivity index (χ0v) is 15.6. The number of ether oxygens (including phenoxy) is 1. The largest absolute Gasteiger partial charge is 0.456 e. The van der Waals surface area contributed by atoms with Gasteiger partial charge in [-0.25, -0.2) is 0 Å². The Balaban J connectivity index is 1.56. The van der Waals surface area contributed by atoms with Crippen molar-refractivity contribution < 1.29 is 24.5 Å². The van der Waals surface area contributed by atoms with Crippen LogP contribution in [0, 0.1) is 0 Å². The summed E-state index contributed by atoms with van der Waals surface area (Å²) in [5, 5.41) is 29.5. The van der Waals surface area contributed by atoms with Gasteiger partial charge in [-0.15, -0.1) is 0 Å². The first-order valence-corrected chi connectivity index (χ1v) is 9.49. The molecule has 29 heavy (non-hydrogen) atoms. The van der Waals surface area contributed by atoms with Gasteiger partial charge in [-0.1, -0.05) is 48.6 Å². The molecule has 0 aliphatic carbocycles. The van der Waals surface area contributed by atoms with Crippen LogP contribution in [-0.2, 0) is 4.74 Å². The van der Waals surface area contributed by atoms with E-state index in [1.54, 1.807) is 12.1 Å². The van der Waals surface area contributed by atoms with E-state index in [2.05, 4.69) is 0 Å². The van der Waals surface area contributed by atoms with Gasteiger partial charge in [0.25, 0.3) is 0 Å². The van der Waals surface area contributed by atoms with Crippen molar-refractivity contribution in [1.29, 1.82) is 0 Å². The molecule has 6 heteroatoms. The normalized spacial score (nSPS) is 24.5. The van der Waals surface area contributed by atoms with E-state index in [0.29, 0.717) is 23.2 Å². The molecule has 3 N–H and O–H groups in total. The lowest BCUT2D eigenvalue weighted by Gasteiger charge is -2.12. The third kappa shape index (κ3) is 4.02. The van der Waals surface area contributed by atoms with Crippen LogP contribution in [0.15, 0.2) is 69.9 Å². The lowest BCUT2D eigenvalue weighted by Crippen LogP contribution is -2.33. The molecule has 1 aliphatic rings. The summed E-state index contributed by atoms with van der Waals surface area (Å²) in [6.07, 6.45) is 0.547. The highest BCUT2D eigenvalue weighted by Crippen LogP contribution is 2.25. The van der Waals surface area contributed by atoms with Crippen LogP contribution < -0.4 is 5.43 Å². The molecule has 2 aromatic carbocycles. The first-order chi connectivity index (χ1) is 14.1. The Morgan fingerprint density at radius 1 is 0.966 bits per heavy atom. The molecule has 1 fully saturated rings. The zero-order chi connectivity index (χ0) is 20.4. The molecule has 0 bridgehead atoms. The molecule has 1 saturated heterocycles. The van der Waals surface area contributed by atoms with E-state index in [1.165, 1.54) is 6.07 Å². The van der Waals surface area contributed by atoms with Gasteiger partial charge in [-0.3, -0.25) is 4.79 Å². The zero-order valence-electron chi connectivity index (χ0n) is 15.6. The molecule has 1 aliphatic heterocycles. The molecule has 0 saturated carbocycles.